The van der Waals surface area contributed by atoms with Crippen molar-refractivity contribution in [3.8, 4) is 6.07 Å². The molecule has 0 aliphatic heterocycles. The fraction of sp³-hybridized carbons (Fsp3) is 0.154. The molecule has 2 aromatic heterocycles. The summed E-state index contributed by atoms with van der Waals surface area (Å²) in [6.45, 7) is 0.775. The summed E-state index contributed by atoms with van der Waals surface area (Å²) in [7, 11) is 1.98. The third kappa shape index (κ3) is 2.79. The third-order valence-corrected chi connectivity index (χ3v) is 2.47. The number of hydrogen-bond acceptors (Lipinski definition) is 4. The zero-order chi connectivity index (χ0) is 12.1. The molecule has 0 bridgehead atoms. The normalized spacial score (nSPS) is 9.65. The minimum absolute atomic E-state index is 0.434. The van der Waals surface area contributed by atoms with Gasteiger partial charge in [-0.1, -0.05) is 0 Å². The van der Waals surface area contributed by atoms with E-state index in [2.05, 4.69) is 14.9 Å². The highest BCUT2D eigenvalue weighted by Crippen LogP contribution is 2.15. The standard InChI is InChI=1S/C13H12N4/c1-17(10-11-2-5-15-6-3-11)13-4-7-16-12(8-13)9-14/h2-8H,10H2,1H3. The Labute approximate surface area is 100 Å². The Balaban J connectivity index is 2.15. The second-order valence-electron chi connectivity index (χ2n) is 3.72. The molecule has 2 aromatic rings. The van der Waals surface area contributed by atoms with Crippen LogP contribution in [0.2, 0.25) is 0 Å². The molecule has 0 spiro atoms. The minimum atomic E-state index is 0.434. The molecule has 0 saturated carbocycles. The summed E-state index contributed by atoms with van der Waals surface area (Å²) < 4.78 is 0. The van der Waals surface area contributed by atoms with Gasteiger partial charge in [-0.15, -0.1) is 0 Å². The first-order valence-corrected chi connectivity index (χ1v) is 5.26. The lowest BCUT2D eigenvalue weighted by Gasteiger charge is -2.19. The van der Waals surface area contributed by atoms with E-state index in [0.717, 1.165) is 12.2 Å². The Morgan fingerprint density at radius 3 is 2.71 bits per heavy atom. The monoisotopic (exact) mass is 224 g/mol. The Bertz CT molecular complexity index is 531. The van der Waals surface area contributed by atoms with Crippen LogP contribution in [0.25, 0.3) is 0 Å². The van der Waals surface area contributed by atoms with Crippen LogP contribution in [0.4, 0.5) is 5.69 Å². The second kappa shape index (κ2) is 5.08. The number of anilines is 1. The molecule has 0 unspecified atom stereocenters. The maximum Gasteiger partial charge on any atom is 0.142 e. The van der Waals surface area contributed by atoms with Crippen molar-refractivity contribution >= 4 is 5.69 Å². The zero-order valence-corrected chi connectivity index (χ0v) is 9.54. The lowest BCUT2D eigenvalue weighted by molar-refractivity contribution is 0.916. The summed E-state index contributed by atoms with van der Waals surface area (Å²) >= 11 is 0. The van der Waals surface area contributed by atoms with Gasteiger partial charge in [0.25, 0.3) is 0 Å². The van der Waals surface area contributed by atoms with E-state index < -0.39 is 0 Å². The van der Waals surface area contributed by atoms with E-state index in [9.17, 15) is 0 Å². The van der Waals surface area contributed by atoms with E-state index >= 15 is 0 Å². The maximum atomic E-state index is 8.79. The molecule has 0 saturated heterocycles. The van der Waals surface area contributed by atoms with Gasteiger partial charge in [0.2, 0.25) is 0 Å². The van der Waals surface area contributed by atoms with E-state index in [-0.39, 0.29) is 0 Å². The molecule has 0 aliphatic rings. The highest BCUT2D eigenvalue weighted by atomic mass is 15.1. The molecular weight excluding hydrogens is 212 g/mol. The van der Waals surface area contributed by atoms with E-state index in [0.29, 0.717) is 5.69 Å². The molecule has 17 heavy (non-hydrogen) atoms. The molecule has 84 valence electrons. The van der Waals surface area contributed by atoms with Crippen molar-refractivity contribution in [2.45, 2.75) is 6.54 Å². The first-order valence-electron chi connectivity index (χ1n) is 5.26. The van der Waals surface area contributed by atoms with Gasteiger partial charge in [-0.3, -0.25) is 4.98 Å². The number of pyridine rings is 2. The molecule has 4 nitrogen and oxygen atoms in total. The number of nitrogens with zero attached hydrogens (tertiary/aromatic N) is 4. The van der Waals surface area contributed by atoms with Crippen LogP contribution in [-0.2, 0) is 6.54 Å². The third-order valence-electron chi connectivity index (χ3n) is 2.47. The molecule has 0 fully saturated rings. The number of aromatic nitrogens is 2. The summed E-state index contributed by atoms with van der Waals surface area (Å²) in [5.41, 5.74) is 2.59. The summed E-state index contributed by atoms with van der Waals surface area (Å²) in [5, 5.41) is 8.79. The fourth-order valence-electron chi connectivity index (χ4n) is 1.57. The second-order valence-corrected chi connectivity index (χ2v) is 3.72. The summed E-state index contributed by atoms with van der Waals surface area (Å²) in [6, 6.07) is 9.66. The van der Waals surface area contributed by atoms with E-state index in [1.165, 1.54) is 5.56 Å². The van der Waals surface area contributed by atoms with Crippen LogP contribution in [0, 0.1) is 11.3 Å². The lowest BCUT2D eigenvalue weighted by Crippen LogP contribution is -2.16. The van der Waals surface area contributed by atoms with E-state index in [1.54, 1.807) is 24.7 Å². The molecule has 0 radical (unpaired) electrons. The van der Waals surface area contributed by atoms with Gasteiger partial charge >= 0.3 is 0 Å². The van der Waals surface area contributed by atoms with Crippen molar-refractivity contribution in [2.75, 3.05) is 11.9 Å². The first-order chi connectivity index (χ1) is 8.29. The van der Waals surface area contributed by atoms with Crippen LogP contribution in [0.1, 0.15) is 11.3 Å². The van der Waals surface area contributed by atoms with Crippen molar-refractivity contribution < 1.29 is 0 Å². The largest absolute Gasteiger partial charge is 0.370 e. The fourth-order valence-corrected chi connectivity index (χ4v) is 1.57. The first kappa shape index (κ1) is 11.1. The van der Waals surface area contributed by atoms with Crippen molar-refractivity contribution in [1.29, 1.82) is 5.26 Å². The van der Waals surface area contributed by atoms with E-state index in [1.807, 2.05) is 31.3 Å². The van der Waals surface area contributed by atoms with Crippen LogP contribution >= 0.6 is 0 Å². The van der Waals surface area contributed by atoms with Crippen molar-refractivity contribution in [3.05, 3.63) is 54.1 Å². The molecule has 2 heterocycles. The van der Waals surface area contributed by atoms with Gasteiger partial charge in [0.05, 0.1) is 0 Å². The van der Waals surface area contributed by atoms with Crippen LogP contribution in [0.5, 0.6) is 0 Å². The molecule has 2 rings (SSSR count). The molecular formula is C13H12N4. The van der Waals surface area contributed by atoms with Gasteiger partial charge < -0.3 is 4.90 Å². The van der Waals surface area contributed by atoms with Crippen molar-refractivity contribution in [3.63, 3.8) is 0 Å². The molecule has 4 heteroatoms. The maximum absolute atomic E-state index is 8.79. The number of hydrogen-bond donors (Lipinski definition) is 0. The SMILES string of the molecule is CN(Cc1ccncc1)c1ccnc(C#N)c1. The predicted molar refractivity (Wildman–Crippen MR) is 65.3 cm³/mol. The van der Waals surface area contributed by atoms with Gasteiger partial charge in [-0.05, 0) is 29.8 Å². The van der Waals surface area contributed by atoms with Crippen LogP contribution in [-0.4, -0.2) is 17.0 Å². The van der Waals surface area contributed by atoms with E-state index in [4.69, 9.17) is 5.26 Å². The molecule has 0 aromatic carbocycles. The lowest BCUT2D eigenvalue weighted by atomic mass is 10.2. The summed E-state index contributed by atoms with van der Waals surface area (Å²) in [5.74, 6) is 0. The van der Waals surface area contributed by atoms with Gasteiger partial charge in [-0.25, -0.2) is 4.98 Å². The summed E-state index contributed by atoms with van der Waals surface area (Å²) in [6.07, 6.45) is 5.20. The Hall–Kier alpha value is -2.41. The quantitative estimate of drug-likeness (QED) is 0.800. The smallest absolute Gasteiger partial charge is 0.142 e. The van der Waals surface area contributed by atoms with Crippen molar-refractivity contribution in [1.82, 2.24) is 9.97 Å². The van der Waals surface area contributed by atoms with Gasteiger partial charge in [0, 0.05) is 37.9 Å². The minimum Gasteiger partial charge on any atom is -0.370 e. The number of rotatable bonds is 3. The highest BCUT2D eigenvalue weighted by Gasteiger charge is 2.03. The molecule has 0 amide bonds. The topological polar surface area (TPSA) is 52.8 Å². The molecule has 0 aliphatic carbocycles. The van der Waals surface area contributed by atoms with Gasteiger partial charge in [0.1, 0.15) is 11.8 Å². The van der Waals surface area contributed by atoms with Crippen LogP contribution in [0.3, 0.4) is 0 Å². The van der Waals surface area contributed by atoms with Crippen LogP contribution in [0.15, 0.2) is 42.9 Å². The van der Waals surface area contributed by atoms with Gasteiger partial charge in [-0.2, -0.15) is 5.26 Å². The van der Waals surface area contributed by atoms with Gasteiger partial charge in [0.15, 0.2) is 0 Å². The Kier molecular flexibility index (Phi) is 3.31. The average molecular weight is 224 g/mol. The molecule has 0 atom stereocenters. The molecule has 0 N–H and O–H groups in total. The Morgan fingerprint density at radius 1 is 1.24 bits per heavy atom. The predicted octanol–water partition coefficient (Wildman–Crippen LogP) is 1.98. The Morgan fingerprint density at radius 2 is 2.00 bits per heavy atom. The van der Waals surface area contributed by atoms with Crippen LogP contribution < -0.4 is 4.90 Å². The van der Waals surface area contributed by atoms with Crippen molar-refractivity contribution in [2.24, 2.45) is 0 Å². The zero-order valence-electron chi connectivity index (χ0n) is 9.54. The highest BCUT2D eigenvalue weighted by molar-refractivity contribution is 5.48. The summed E-state index contributed by atoms with van der Waals surface area (Å²) in [4.78, 5) is 10.00. The average Bonchev–Trinajstić information content (AvgIpc) is 2.40. The number of nitriles is 1.